The molecule has 0 heterocycles. The fourth-order valence-electron chi connectivity index (χ4n) is 1.00. The zero-order valence-corrected chi connectivity index (χ0v) is 11.0. The first-order valence-electron chi connectivity index (χ1n) is 4.55. The molecule has 1 aromatic carbocycles. The highest BCUT2D eigenvalue weighted by atomic mass is 79.9. The van der Waals surface area contributed by atoms with Gasteiger partial charge >= 0.3 is 0 Å². The molecule has 0 unspecified atom stereocenters. The molecule has 1 aromatic rings. The molecule has 0 bridgehead atoms. The van der Waals surface area contributed by atoms with E-state index in [1.165, 1.54) is 19.1 Å². The second-order valence-electron chi connectivity index (χ2n) is 3.38. The van der Waals surface area contributed by atoms with Gasteiger partial charge < -0.3 is 10.8 Å². The third-order valence-corrected chi connectivity index (χ3v) is 3.99. The average molecular weight is 309 g/mol. The van der Waals surface area contributed by atoms with E-state index in [-0.39, 0.29) is 11.4 Å². The van der Waals surface area contributed by atoms with E-state index in [2.05, 4.69) is 20.7 Å². The maximum atomic E-state index is 11.7. The summed E-state index contributed by atoms with van der Waals surface area (Å²) in [6.07, 6.45) is -0.734. The van der Waals surface area contributed by atoms with Crippen molar-refractivity contribution in [3.63, 3.8) is 0 Å². The maximum Gasteiger partial charge on any atom is 0.240 e. The topological polar surface area (TPSA) is 92.4 Å². The molecule has 0 radical (unpaired) electrons. The Balaban J connectivity index is 2.94. The van der Waals surface area contributed by atoms with E-state index in [0.29, 0.717) is 10.2 Å². The van der Waals surface area contributed by atoms with E-state index in [1.807, 2.05) is 0 Å². The minimum Gasteiger partial charge on any atom is -0.398 e. The van der Waals surface area contributed by atoms with E-state index in [4.69, 9.17) is 10.8 Å². The normalized spacial score (nSPS) is 13.7. The highest BCUT2D eigenvalue weighted by molar-refractivity contribution is 9.10. The van der Waals surface area contributed by atoms with Crippen LogP contribution in [0.25, 0.3) is 0 Å². The zero-order valence-electron chi connectivity index (χ0n) is 8.64. The molecule has 90 valence electrons. The van der Waals surface area contributed by atoms with Crippen molar-refractivity contribution in [3.05, 3.63) is 22.7 Å². The number of aliphatic hydroxyl groups excluding tert-OH is 1. The molecule has 0 saturated carbocycles. The molecule has 0 aliphatic carbocycles. The quantitative estimate of drug-likeness (QED) is 0.714. The largest absolute Gasteiger partial charge is 0.398 e. The van der Waals surface area contributed by atoms with Gasteiger partial charge in [-0.3, -0.25) is 0 Å². The van der Waals surface area contributed by atoms with Crippen molar-refractivity contribution in [2.45, 2.75) is 17.9 Å². The van der Waals surface area contributed by atoms with E-state index < -0.39 is 16.1 Å². The number of halogens is 1. The smallest absolute Gasteiger partial charge is 0.240 e. The summed E-state index contributed by atoms with van der Waals surface area (Å²) in [7, 11) is -3.61. The number of benzene rings is 1. The van der Waals surface area contributed by atoms with E-state index in [9.17, 15) is 8.42 Å². The first kappa shape index (κ1) is 13.4. The van der Waals surface area contributed by atoms with Crippen LogP contribution in [0.15, 0.2) is 27.6 Å². The second kappa shape index (κ2) is 5.13. The van der Waals surface area contributed by atoms with Crippen LogP contribution in [-0.2, 0) is 10.0 Å². The van der Waals surface area contributed by atoms with Crippen molar-refractivity contribution in [2.75, 3.05) is 12.3 Å². The highest BCUT2D eigenvalue weighted by Gasteiger charge is 2.15. The molecule has 0 fully saturated rings. The summed E-state index contributed by atoms with van der Waals surface area (Å²) in [4.78, 5) is 0.0776. The molecular formula is C9H13BrN2O3S. The third kappa shape index (κ3) is 3.44. The average Bonchev–Trinajstić information content (AvgIpc) is 2.19. The minimum atomic E-state index is -3.61. The number of rotatable bonds is 4. The van der Waals surface area contributed by atoms with Crippen LogP contribution in [0.4, 0.5) is 5.69 Å². The van der Waals surface area contributed by atoms with Gasteiger partial charge in [-0.1, -0.05) is 0 Å². The third-order valence-electron chi connectivity index (χ3n) is 1.85. The van der Waals surface area contributed by atoms with Gasteiger partial charge in [0, 0.05) is 16.7 Å². The van der Waals surface area contributed by atoms with Gasteiger partial charge in [-0.05, 0) is 41.1 Å². The molecule has 0 saturated heterocycles. The first-order chi connectivity index (χ1) is 7.33. The minimum absolute atomic E-state index is 0.0295. The van der Waals surface area contributed by atoms with Crippen LogP contribution in [0.5, 0.6) is 0 Å². The fraction of sp³-hybridized carbons (Fsp3) is 0.333. The van der Waals surface area contributed by atoms with Gasteiger partial charge in [0.2, 0.25) is 10.0 Å². The van der Waals surface area contributed by atoms with Crippen LogP contribution in [0.2, 0.25) is 0 Å². The summed E-state index contributed by atoms with van der Waals surface area (Å²) in [5.41, 5.74) is 5.93. The number of nitrogens with two attached hydrogens (primary N) is 1. The lowest BCUT2D eigenvalue weighted by Crippen LogP contribution is -2.30. The highest BCUT2D eigenvalue weighted by Crippen LogP contribution is 2.22. The summed E-state index contributed by atoms with van der Waals surface area (Å²) < 4.78 is 26.3. The standard InChI is InChI=1S/C9H13BrN2O3S/c1-6(13)5-12-16(14,15)7-2-3-8(10)9(11)4-7/h2-4,6,12-13H,5,11H2,1H3/t6-/m0/s1. The molecule has 7 heteroatoms. The first-order valence-corrected chi connectivity index (χ1v) is 6.83. The zero-order chi connectivity index (χ0) is 12.3. The van der Waals surface area contributed by atoms with E-state index in [1.54, 1.807) is 6.07 Å². The van der Waals surface area contributed by atoms with Crippen LogP contribution >= 0.6 is 15.9 Å². The molecular weight excluding hydrogens is 296 g/mol. The fourth-order valence-corrected chi connectivity index (χ4v) is 2.41. The number of hydrogen-bond donors (Lipinski definition) is 3. The molecule has 4 N–H and O–H groups in total. The Bertz CT molecular complexity index is 474. The van der Waals surface area contributed by atoms with Crippen molar-refractivity contribution >= 4 is 31.6 Å². The molecule has 5 nitrogen and oxygen atoms in total. The summed E-state index contributed by atoms with van der Waals surface area (Å²) in [5, 5.41) is 9.00. The van der Waals surface area contributed by atoms with Crippen LogP contribution in [0.1, 0.15) is 6.92 Å². The summed E-state index contributed by atoms with van der Waals surface area (Å²) >= 11 is 3.18. The van der Waals surface area contributed by atoms with Gasteiger partial charge in [0.15, 0.2) is 0 Å². The number of anilines is 1. The van der Waals surface area contributed by atoms with Gasteiger partial charge in [0.25, 0.3) is 0 Å². The van der Waals surface area contributed by atoms with Gasteiger partial charge in [-0.2, -0.15) is 0 Å². The Hall–Kier alpha value is -0.630. The Labute approximate surface area is 103 Å². The molecule has 0 aliphatic rings. The Morgan fingerprint density at radius 1 is 1.56 bits per heavy atom. The molecule has 0 aromatic heterocycles. The van der Waals surface area contributed by atoms with Crippen molar-refractivity contribution in [1.29, 1.82) is 0 Å². The van der Waals surface area contributed by atoms with Crippen molar-refractivity contribution in [1.82, 2.24) is 4.72 Å². The Kier molecular flexibility index (Phi) is 4.31. The Morgan fingerprint density at radius 2 is 2.19 bits per heavy atom. The predicted molar refractivity (Wildman–Crippen MR) is 65.4 cm³/mol. The maximum absolute atomic E-state index is 11.7. The van der Waals surface area contributed by atoms with Crippen LogP contribution < -0.4 is 10.5 Å². The van der Waals surface area contributed by atoms with E-state index >= 15 is 0 Å². The SMILES string of the molecule is C[C@H](O)CNS(=O)(=O)c1ccc(Br)c(N)c1. The lowest BCUT2D eigenvalue weighted by molar-refractivity contribution is 0.198. The van der Waals surface area contributed by atoms with Gasteiger partial charge in [0.1, 0.15) is 0 Å². The second-order valence-corrected chi connectivity index (χ2v) is 6.01. The molecule has 16 heavy (non-hydrogen) atoms. The Morgan fingerprint density at radius 3 is 2.69 bits per heavy atom. The summed E-state index contributed by atoms with van der Waals surface area (Å²) in [6, 6.07) is 4.35. The molecule has 1 atom stereocenters. The lowest BCUT2D eigenvalue weighted by Gasteiger charge is -2.09. The number of hydrogen-bond acceptors (Lipinski definition) is 4. The molecule has 0 spiro atoms. The number of nitrogen functional groups attached to an aromatic ring is 1. The number of aliphatic hydroxyl groups is 1. The van der Waals surface area contributed by atoms with Crippen molar-refractivity contribution < 1.29 is 13.5 Å². The monoisotopic (exact) mass is 308 g/mol. The number of nitrogens with one attached hydrogen (secondary N) is 1. The summed E-state index contributed by atoms with van der Waals surface area (Å²) in [6.45, 7) is 1.47. The van der Waals surface area contributed by atoms with Gasteiger partial charge in [0.05, 0.1) is 11.0 Å². The van der Waals surface area contributed by atoms with Crippen LogP contribution in [0, 0.1) is 0 Å². The predicted octanol–water partition coefficient (Wildman–Crippen LogP) is 0.690. The van der Waals surface area contributed by atoms with Crippen molar-refractivity contribution in [3.8, 4) is 0 Å². The van der Waals surface area contributed by atoms with Crippen molar-refractivity contribution in [2.24, 2.45) is 0 Å². The molecule has 0 amide bonds. The summed E-state index contributed by atoms with van der Waals surface area (Å²) in [5.74, 6) is 0. The number of sulfonamides is 1. The van der Waals surface area contributed by atoms with Gasteiger partial charge in [-0.25, -0.2) is 13.1 Å². The van der Waals surface area contributed by atoms with Crippen LogP contribution in [-0.4, -0.2) is 26.2 Å². The molecule has 0 aliphatic heterocycles. The lowest BCUT2D eigenvalue weighted by atomic mass is 10.3. The van der Waals surface area contributed by atoms with Gasteiger partial charge in [-0.15, -0.1) is 0 Å². The van der Waals surface area contributed by atoms with E-state index in [0.717, 1.165) is 0 Å². The van der Waals surface area contributed by atoms with Crippen LogP contribution in [0.3, 0.4) is 0 Å². The molecule has 1 rings (SSSR count).